The van der Waals surface area contributed by atoms with Gasteiger partial charge in [0, 0.05) is 18.4 Å². The molecule has 1 aromatic rings. The Morgan fingerprint density at radius 1 is 1.28 bits per heavy atom. The molecule has 0 spiro atoms. The lowest BCUT2D eigenvalue weighted by Gasteiger charge is -2.28. The number of carbonyl (C=O) groups excluding carboxylic acids is 2. The molecule has 0 N–H and O–H groups in total. The van der Waals surface area contributed by atoms with Gasteiger partial charge in [0.15, 0.2) is 0 Å². The zero-order valence-electron chi connectivity index (χ0n) is 9.82. The number of likely N-dealkylation sites (tertiary alicyclic amines) is 1. The van der Waals surface area contributed by atoms with Gasteiger partial charge in [0.05, 0.1) is 6.54 Å². The lowest BCUT2D eigenvalue weighted by molar-refractivity contribution is -0.150. The van der Waals surface area contributed by atoms with E-state index in [0.717, 1.165) is 0 Å². The van der Waals surface area contributed by atoms with Gasteiger partial charge in [-0.25, -0.2) is 4.98 Å². The molecule has 0 bridgehead atoms. The molecule has 0 saturated carbocycles. The Morgan fingerprint density at radius 2 is 1.89 bits per heavy atom. The molecule has 0 aliphatic carbocycles. The molecule has 4 nitrogen and oxygen atoms in total. The number of hydrogen-bond donors (Lipinski definition) is 0. The molecule has 18 heavy (non-hydrogen) atoms. The van der Waals surface area contributed by atoms with Gasteiger partial charge >= 0.3 is 0 Å². The van der Waals surface area contributed by atoms with Crippen LogP contribution in [0.2, 0.25) is 10.3 Å². The smallest absolute Gasteiger partial charge is 0.229 e. The Bertz CT molecular complexity index is 487. The van der Waals surface area contributed by atoms with Crippen molar-refractivity contribution in [2.24, 2.45) is 5.92 Å². The van der Waals surface area contributed by atoms with Crippen LogP contribution in [0.15, 0.2) is 12.1 Å². The van der Waals surface area contributed by atoms with Crippen LogP contribution >= 0.6 is 23.2 Å². The average molecular weight is 287 g/mol. The number of halogens is 2. The van der Waals surface area contributed by atoms with E-state index in [1.807, 2.05) is 6.92 Å². The van der Waals surface area contributed by atoms with E-state index in [9.17, 15) is 9.59 Å². The predicted molar refractivity (Wildman–Crippen MR) is 68.2 cm³/mol. The number of carbonyl (C=O) groups is 2. The lowest BCUT2D eigenvalue weighted by atomic mass is 9.97. The molecule has 0 unspecified atom stereocenters. The molecule has 96 valence electrons. The van der Waals surface area contributed by atoms with E-state index >= 15 is 0 Å². The van der Waals surface area contributed by atoms with E-state index in [1.165, 1.54) is 4.90 Å². The minimum Gasteiger partial charge on any atom is -0.278 e. The van der Waals surface area contributed by atoms with Gasteiger partial charge in [-0.15, -0.1) is 0 Å². The SMILES string of the molecule is CC1CC(=O)N(Cc2ccc(Cl)nc2Cl)C(=O)C1. The van der Waals surface area contributed by atoms with Crippen LogP contribution in [0.3, 0.4) is 0 Å². The summed E-state index contributed by atoms with van der Waals surface area (Å²) in [6, 6.07) is 3.26. The van der Waals surface area contributed by atoms with Crippen LogP contribution in [0.25, 0.3) is 0 Å². The summed E-state index contributed by atoms with van der Waals surface area (Å²) >= 11 is 11.6. The summed E-state index contributed by atoms with van der Waals surface area (Å²) in [5.41, 5.74) is 0.623. The second-order valence-electron chi connectivity index (χ2n) is 4.47. The van der Waals surface area contributed by atoms with Crippen LogP contribution in [0.4, 0.5) is 0 Å². The molecule has 1 saturated heterocycles. The molecular weight excluding hydrogens is 275 g/mol. The van der Waals surface area contributed by atoms with Crippen LogP contribution in [-0.4, -0.2) is 21.7 Å². The van der Waals surface area contributed by atoms with Crippen molar-refractivity contribution in [3.63, 3.8) is 0 Å². The van der Waals surface area contributed by atoms with Crippen LogP contribution in [0, 0.1) is 5.92 Å². The summed E-state index contributed by atoms with van der Waals surface area (Å²) in [7, 11) is 0. The van der Waals surface area contributed by atoms with Crippen LogP contribution in [0.5, 0.6) is 0 Å². The van der Waals surface area contributed by atoms with Gasteiger partial charge in [0.1, 0.15) is 10.3 Å². The number of hydrogen-bond acceptors (Lipinski definition) is 3. The van der Waals surface area contributed by atoms with Gasteiger partial charge in [-0.1, -0.05) is 36.2 Å². The summed E-state index contributed by atoms with van der Waals surface area (Å²) in [6.45, 7) is 2.05. The highest BCUT2D eigenvalue weighted by molar-refractivity contribution is 6.32. The zero-order valence-corrected chi connectivity index (χ0v) is 11.3. The van der Waals surface area contributed by atoms with Gasteiger partial charge in [-0.2, -0.15) is 0 Å². The van der Waals surface area contributed by atoms with E-state index in [4.69, 9.17) is 23.2 Å². The van der Waals surface area contributed by atoms with Crippen LogP contribution in [0.1, 0.15) is 25.3 Å². The Labute approximate surface area is 115 Å². The highest BCUT2D eigenvalue weighted by Gasteiger charge is 2.30. The highest BCUT2D eigenvalue weighted by Crippen LogP contribution is 2.23. The average Bonchev–Trinajstić information content (AvgIpc) is 2.25. The minimum atomic E-state index is -0.162. The molecule has 0 atom stereocenters. The van der Waals surface area contributed by atoms with Crippen molar-refractivity contribution in [2.45, 2.75) is 26.3 Å². The fourth-order valence-electron chi connectivity index (χ4n) is 1.93. The number of nitrogens with zero attached hydrogens (tertiary/aromatic N) is 2. The third kappa shape index (κ3) is 2.82. The monoisotopic (exact) mass is 286 g/mol. The Balaban J connectivity index is 2.18. The first-order chi connectivity index (χ1) is 8.47. The second-order valence-corrected chi connectivity index (χ2v) is 5.22. The maximum absolute atomic E-state index is 11.8. The van der Waals surface area contributed by atoms with Gasteiger partial charge < -0.3 is 0 Å². The van der Waals surface area contributed by atoms with Gasteiger partial charge in [-0.05, 0) is 12.0 Å². The number of imide groups is 1. The largest absolute Gasteiger partial charge is 0.278 e. The molecule has 0 radical (unpaired) electrons. The molecule has 1 aliphatic heterocycles. The molecule has 1 aliphatic rings. The van der Waals surface area contributed by atoms with Gasteiger partial charge in [-0.3, -0.25) is 14.5 Å². The first kappa shape index (κ1) is 13.3. The summed E-state index contributed by atoms with van der Waals surface area (Å²) in [5, 5.41) is 0.510. The molecule has 2 rings (SSSR count). The second kappa shape index (κ2) is 5.24. The third-order valence-electron chi connectivity index (χ3n) is 2.87. The minimum absolute atomic E-state index is 0.111. The number of piperidine rings is 1. The van der Waals surface area contributed by atoms with Crippen molar-refractivity contribution in [1.29, 1.82) is 0 Å². The Kier molecular flexibility index (Phi) is 3.88. The molecule has 2 heterocycles. The molecule has 1 aromatic heterocycles. The molecule has 2 amide bonds. The number of aromatic nitrogens is 1. The zero-order chi connectivity index (χ0) is 13.3. The number of rotatable bonds is 2. The maximum Gasteiger partial charge on any atom is 0.229 e. The normalized spacial score (nSPS) is 17.4. The first-order valence-electron chi connectivity index (χ1n) is 5.61. The van der Waals surface area contributed by atoms with E-state index in [1.54, 1.807) is 12.1 Å². The van der Waals surface area contributed by atoms with Crippen molar-refractivity contribution in [1.82, 2.24) is 9.88 Å². The standard InChI is InChI=1S/C12H12Cl2N2O2/c1-7-4-10(17)16(11(18)5-7)6-8-2-3-9(13)15-12(8)14/h2-3,7H,4-6H2,1H3. The fraction of sp³-hybridized carbons (Fsp3) is 0.417. The first-order valence-corrected chi connectivity index (χ1v) is 6.37. The Morgan fingerprint density at radius 3 is 2.44 bits per heavy atom. The molecular formula is C12H12Cl2N2O2. The number of pyridine rings is 1. The summed E-state index contributed by atoms with van der Waals surface area (Å²) in [6.07, 6.45) is 0.786. The maximum atomic E-state index is 11.8. The van der Waals surface area contributed by atoms with E-state index < -0.39 is 0 Å². The van der Waals surface area contributed by atoms with Crippen molar-refractivity contribution in [3.8, 4) is 0 Å². The lowest BCUT2D eigenvalue weighted by Crippen LogP contribution is -2.42. The highest BCUT2D eigenvalue weighted by atomic mass is 35.5. The quantitative estimate of drug-likeness (QED) is 0.620. The van der Waals surface area contributed by atoms with Gasteiger partial charge in [0.2, 0.25) is 11.8 Å². The van der Waals surface area contributed by atoms with Crippen molar-refractivity contribution in [2.75, 3.05) is 0 Å². The molecule has 6 heteroatoms. The van der Waals surface area contributed by atoms with E-state index in [0.29, 0.717) is 18.4 Å². The van der Waals surface area contributed by atoms with E-state index in [-0.39, 0.29) is 34.6 Å². The third-order valence-corrected chi connectivity index (χ3v) is 3.41. The summed E-state index contributed by atoms with van der Waals surface area (Å²) < 4.78 is 0. The summed E-state index contributed by atoms with van der Waals surface area (Å²) in [5.74, 6) is -0.213. The fourth-order valence-corrected chi connectivity index (χ4v) is 2.34. The molecule has 1 fully saturated rings. The van der Waals surface area contributed by atoms with Crippen molar-refractivity contribution < 1.29 is 9.59 Å². The van der Waals surface area contributed by atoms with Crippen LogP contribution in [-0.2, 0) is 16.1 Å². The topological polar surface area (TPSA) is 50.3 Å². The van der Waals surface area contributed by atoms with Gasteiger partial charge in [0.25, 0.3) is 0 Å². The number of amides is 2. The molecule has 0 aromatic carbocycles. The van der Waals surface area contributed by atoms with Crippen molar-refractivity contribution in [3.05, 3.63) is 28.0 Å². The summed E-state index contributed by atoms with van der Waals surface area (Å²) in [4.78, 5) is 28.7. The Hall–Kier alpha value is -1.13. The van der Waals surface area contributed by atoms with E-state index in [2.05, 4.69) is 4.98 Å². The predicted octanol–water partition coefficient (Wildman–Crippen LogP) is 2.67. The van der Waals surface area contributed by atoms with Crippen LogP contribution < -0.4 is 0 Å². The van der Waals surface area contributed by atoms with Crippen molar-refractivity contribution >= 4 is 35.0 Å².